The Labute approximate surface area is 149 Å². The Bertz CT molecular complexity index is 632. The number of nitrogens with zero attached hydrogens (tertiary/aromatic N) is 3. The third-order valence-electron chi connectivity index (χ3n) is 5.56. The zero-order chi connectivity index (χ0) is 17.8. The van der Waals surface area contributed by atoms with Gasteiger partial charge in [-0.1, -0.05) is 32.1 Å². The molecule has 25 heavy (non-hydrogen) atoms. The Kier molecular flexibility index (Phi) is 5.76. The van der Waals surface area contributed by atoms with Crippen molar-refractivity contribution in [3.05, 3.63) is 17.0 Å². The molecule has 1 amide bonds. The Morgan fingerprint density at radius 1 is 1.24 bits per heavy atom. The standard InChI is InChI=1S/C19H29N3O3/c1-3-25-19(24)18-15-13-22(12-11-16(15)21(2)20-18)17(23)10-9-14-7-5-4-6-8-14/h14H,3-13H2,1-2H3. The fraction of sp³-hybridized carbons (Fsp3) is 0.737. The van der Waals surface area contributed by atoms with Crippen LogP contribution in [0.3, 0.4) is 0 Å². The Hall–Kier alpha value is -1.85. The van der Waals surface area contributed by atoms with Gasteiger partial charge < -0.3 is 9.64 Å². The van der Waals surface area contributed by atoms with Crippen molar-refractivity contribution in [1.82, 2.24) is 14.7 Å². The van der Waals surface area contributed by atoms with Crippen molar-refractivity contribution < 1.29 is 14.3 Å². The molecule has 0 bridgehead atoms. The fourth-order valence-corrected chi connectivity index (χ4v) is 4.13. The lowest BCUT2D eigenvalue weighted by Crippen LogP contribution is -2.36. The van der Waals surface area contributed by atoms with Gasteiger partial charge in [-0.2, -0.15) is 5.10 Å². The molecule has 1 aliphatic carbocycles. The highest BCUT2D eigenvalue weighted by Crippen LogP contribution is 2.28. The number of carbonyl (C=O) groups excluding carboxylic acids is 2. The number of amides is 1. The van der Waals surface area contributed by atoms with E-state index in [1.165, 1.54) is 32.1 Å². The average Bonchev–Trinajstić information content (AvgIpc) is 2.97. The summed E-state index contributed by atoms with van der Waals surface area (Å²) in [5.41, 5.74) is 2.27. The average molecular weight is 347 g/mol. The predicted octanol–water partition coefficient (Wildman–Crippen LogP) is 2.84. The molecule has 0 atom stereocenters. The topological polar surface area (TPSA) is 64.4 Å². The van der Waals surface area contributed by atoms with E-state index in [0.717, 1.165) is 24.1 Å². The molecule has 0 saturated heterocycles. The van der Waals surface area contributed by atoms with Crippen LogP contribution in [-0.2, 0) is 29.5 Å². The van der Waals surface area contributed by atoms with Crippen LogP contribution in [0.1, 0.15) is 73.6 Å². The highest BCUT2D eigenvalue weighted by Gasteiger charge is 2.30. The molecule has 0 spiro atoms. The second kappa shape index (κ2) is 8.02. The number of aryl methyl sites for hydroxylation is 1. The first kappa shape index (κ1) is 18.0. The van der Waals surface area contributed by atoms with E-state index in [4.69, 9.17) is 4.74 Å². The normalized spacial score (nSPS) is 18.1. The molecule has 1 aliphatic heterocycles. The smallest absolute Gasteiger partial charge is 0.359 e. The van der Waals surface area contributed by atoms with Crippen molar-refractivity contribution in [1.29, 1.82) is 0 Å². The largest absolute Gasteiger partial charge is 0.461 e. The molecule has 1 fully saturated rings. The summed E-state index contributed by atoms with van der Waals surface area (Å²) in [6.07, 6.45) is 8.87. The number of esters is 1. The number of hydrogen-bond donors (Lipinski definition) is 0. The number of aromatic nitrogens is 2. The molecule has 1 aromatic heterocycles. The van der Waals surface area contributed by atoms with Gasteiger partial charge in [0.05, 0.1) is 6.61 Å². The van der Waals surface area contributed by atoms with Crippen molar-refractivity contribution in [3.63, 3.8) is 0 Å². The number of carbonyl (C=O) groups is 2. The summed E-state index contributed by atoms with van der Waals surface area (Å²) < 4.78 is 6.87. The molecule has 138 valence electrons. The van der Waals surface area contributed by atoms with E-state index in [1.54, 1.807) is 11.6 Å². The van der Waals surface area contributed by atoms with Crippen LogP contribution in [0.2, 0.25) is 0 Å². The second-order valence-corrected chi connectivity index (χ2v) is 7.23. The quantitative estimate of drug-likeness (QED) is 0.768. The van der Waals surface area contributed by atoms with Crippen LogP contribution >= 0.6 is 0 Å². The van der Waals surface area contributed by atoms with Crippen molar-refractivity contribution >= 4 is 11.9 Å². The number of hydrogen-bond acceptors (Lipinski definition) is 4. The maximum atomic E-state index is 12.6. The van der Waals surface area contributed by atoms with Gasteiger partial charge in [-0.15, -0.1) is 0 Å². The molecule has 6 heteroatoms. The van der Waals surface area contributed by atoms with Crippen molar-refractivity contribution in [3.8, 4) is 0 Å². The lowest BCUT2D eigenvalue weighted by molar-refractivity contribution is -0.132. The maximum Gasteiger partial charge on any atom is 0.359 e. The highest BCUT2D eigenvalue weighted by atomic mass is 16.5. The van der Waals surface area contributed by atoms with E-state index < -0.39 is 5.97 Å². The van der Waals surface area contributed by atoms with E-state index in [9.17, 15) is 9.59 Å². The Morgan fingerprint density at radius 2 is 2.00 bits per heavy atom. The van der Waals surface area contributed by atoms with Crippen LogP contribution in [0.4, 0.5) is 0 Å². The number of fused-ring (bicyclic) bond motifs is 1. The van der Waals surface area contributed by atoms with Gasteiger partial charge in [-0.3, -0.25) is 9.48 Å². The molecule has 0 aromatic carbocycles. The molecule has 0 N–H and O–H groups in total. The van der Waals surface area contributed by atoms with Gasteiger partial charge in [0.25, 0.3) is 0 Å². The summed E-state index contributed by atoms with van der Waals surface area (Å²) in [4.78, 5) is 26.7. The molecule has 2 aliphatic rings. The summed E-state index contributed by atoms with van der Waals surface area (Å²) in [6.45, 7) is 3.29. The van der Waals surface area contributed by atoms with Crippen molar-refractivity contribution in [2.24, 2.45) is 13.0 Å². The summed E-state index contributed by atoms with van der Waals surface area (Å²) in [5.74, 6) is 0.525. The lowest BCUT2D eigenvalue weighted by Gasteiger charge is -2.29. The van der Waals surface area contributed by atoms with Crippen LogP contribution < -0.4 is 0 Å². The maximum absolute atomic E-state index is 12.6. The monoisotopic (exact) mass is 347 g/mol. The SMILES string of the molecule is CCOC(=O)c1nn(C)c2c1CN(C(=O)CCC1CCCCC1)CC2. The van der Waals surface area contributed by atoms with E-state index in [2.05, 4.69) is 5.10 Å². The number of rotatable bonds is 5. The number of ether oxygens (including phenoxy) is 1. The highest BCUT2D eigenvalue weighted by molar-refractivity contribution is 5.89. The molecule has 1 aromatic rings. The van der Waals surface area contributed by atoms with Gasteiger partial charge in [0.15, 0.2) is 5.69 Å². The minimum absolute atomic E-state index is 0.204. The molecule has 6 nitrogen and oxygen atoms in total. The van der Waals surface area contributed by atoms with Crippen LogP contribution in [0.15, 0.2) is 0 Å². The van der Waals surface area contributed by atoms with Gasteiger partial charge in [0.2, 0.25) is 5.91 Å². The zero-order valence-electron chi connectivity index (χ0n) is 15.4. The summed E-state index contributed by atoms with van der Waals surface area (Å²) in [7, 11) is 1.85. The van der Waals surface area contributed by atoms with Gasteiger partial charge >= 0.3 is 5.97 Å². The Balaban J connectivity index is 1.63. The Morgan fingerprint density at radius 3 is 2.72 bits per heavy atom. The summed E-state index contributed by atoms with van der Waals surface area (Å²) in [6, 6.07) is 0. The molecule has 1 saturated carbocycles. The minimum atomic E-state index is -0.393. The van der Waals surface area contributed by atoms with E-state index in [-0.39, 0.29) is 5.91 Å². The van der Waals surface area contributed by atoms with Crippen LogP contribution in [0, 0.1) is 5.92 Å². The van der Waals surface area contributed by atoms with Gasteiger partial charge in [-0.25, -0.2) is 4.79 Å². The van der Waals surface area contributed by atoms with Gasteiger partial charge in [0, 0.05) is 44.2 Å². The first-order valence-corrected chi connectivity index (χ1v) is 9.59. The predicted molar refractivity (Wildman–Crippen MR) is 94.1 cm³/mol. The summed E-state index contributed by atoms with van der Waals surface area (Å²) >= 11 is 0. The van der Waals surface area contributed by atoms with E-state index >= 15 is 0 Å². The van der Waals surface area contributed by atoms with Crippen molar-refractivity contribution in [2.45, 2.75) is 64.8 Å². The molecule has 0 unspecified atom stereocenters. The zero-order valence-corrected chi connectivity index (χ0v) is 15.4. The molecule has 2 heterocycles. The second-order valence-electron chi connectivity index (χ2n) is 7.23. The van der Waals surface area contributed by atoms with E-state index in [1.807, 2.05) is 11.9 Å². The summed E-state index contributed by atoms with van der Waals surface area (Å²) in [5, 5.41) is 4.33. The molecular weight excluding hydrogens is 318 g/mol. The van der Waals surface area contributed by atoms with Crippen LogP contribution in [-0.4, -0.2) is 39.7 Å². The van der Waals surface area contributed by atoms with Crippen molar-refractivity contribution in [2.75, 3.05) is 13.2 Å². The lowest BCUT2D eigenvalue weighted by atomic mass is 9.86. The molecular formula is C19H29N3O3. The fourth-order valence-electron chi connectivity index (χ4n) is 4.13. The van der Waals surface area contributed by atoms with Gasteiger partial charge in [-0.05, 0) is 19.3 Å². The van der Waals surface area contributed by atoms with Crippen LogP contribution in [0.5, 0.6) is 0 Å². The first-order chi connectivity index (χ1) is 12.1. The molecule has 3 rings (SSSR count). The minimum Gasteiger partial charge on any atom is -0.461 e. The van der Waals surface area contributed by atoms with E-state index in [0.29, 0.717) is 37.7 Å². The third-order valence-corrected chi connectivity index (χ3v) is 5.56. The third kappa shape index (κ3) is 4.05. The van der Waals surface area contributed by atoms with Gasteiger partial charge in [0.1, 0.15) is 0 Å². The van der Waals surface area contributed by atoms with Crippen LogP contribution in [0.25, 0.3) is 0 Å². The first-order valence-electron chi connectivity index (χ1n) is 9.59. The molecule has 0 radical (unpaired) electrons.